The second-order valence-corrected chi connectivity index (χ2v) is 10.9. The third-order valence-corrected chi connectivity index (χ3v) is 7.12. The number of hydrogen-bond acceptors (Lipinski definition) is 4. The van der Waals surface area contributed by atoms with Crippen molar-refractivity contribution < 1.29 is 0 Å². The Morgan fingerprint density at radius 2 is 0.902 bits per heavy atom. The van der Waals surface area contributed by atoms with Gasteiger partial charge in [-0.25, -0.2) is 20.0 Å². The minimum absolute atomic E-state index is 0.576. The second-order valence-electron chi connectivity index (χ2n) is 10.9. The first-order valence-corrected chi connectivity index (χ1v) is 14.0. The molecule has 0 aliphatic carbocycles. The summed E-state index contributed by atoms with van der Waals surface area (Å²) < 4.78 is 0. The highest BCUT2D eigenvalue weighted by molar-refractivity contribution is 6.15. The molecule has 4 aromatic carbocycles. The van der Waals surface area contributed by atoms with E-state index in [2.05, 4.69) is 90.1 Å². The van der Waals surface area contributed by atoms with E-state index in [0.29, 0.717) is 5.82 Å². The highest BCUT2D eigenvalue weighted by Gasteiger charge is 2.18. The van der Waals surface area contributed by atoms with Crippen LogP contribution in [0.2, 0.25) is 0 Å². The van der Waals surface area contributed by atoms with Crippen molar-refractivity contribution in [3.8, 4) is 0 Å². The molecule has 0 aliphatic rings. The predicted molar refractivity (Wildman–Crippen MR) is 172 cm³/mol. The van der Waals surface area contributed by atoms with E-state index in [9.17, 15) is 0 Å². The minimum Gasteiger partial charge on any atom is -0.246 e. The van der Waals surface area contributed by atoms with Crippen LogP contribution in [0.25, 0.3) is 0 Å². The van der Waals surface area contributed by atoms with Gasteiger partial charge in [0.05, 0.1) is 22.8 Å². The molecule has 0 saturated carbocycles. The molecule has 4 heteroatoms. The quantitative estimate of drug-likeness (QED) is 0.203. The molecule has 0 saturated heterocycles. The van der Waals surface area contributed by atoms with Crippen molar-refractivity contribution in [2.75, 3.05) is 0 Å². The zero-order valence-electron chi connectivity index (χ0n) is 24.9. The molecule has 0 spiro atoms. The van der Waals surface area contributed by atoms with Crippen LogP contribution < -0.4 is 0 Å². The van der Waals surface area contributed by atoms with Crippen LogP contribution in [-0.4, -0.2) is 21.4 Å². The maximum absolute atomic E-state index is 5.26. The van der Waals surface area contributed by atoms with Gasteiger partial charge >= 0.3 is 0 Å². The van der Waals surface area contributed by atoms with Gasteiger partial charge in [0.25, 0.3) is 0 Å². The number of nitrogens with zero attached hydrogens (tertiary/aromatic N) is 4. The predicted octanol–water partition coefficient (Wildman–Crippen LogP) is 8.97. The van der Waals surface area contributed by atoms with Crippen LogP contribution in [0.15, 0.2) is 101 Å². The fourth-order valence-corrected chi connectivity index (χ4v) is 5.42. The molecule has 0 aliphatic heterocycles. The van der Waals surface area contributed by atoms with E-state index in [-0.39, 0.29) is 0 Å². The Morgan fingerprint density at radius 1 is 0.488 bits per heavy atom. The van der Waals surface area contributed by atoms with Crippen LogP contribution in [0.5, 0.6) is 0 Å². The minimum atomic E-state index is 0.576. The highest BCUT2D eigenvalue weighted by Crippen LogP contribution is 2.29. The maximum Gasteiger partial charge on any atom is 0.179 e. The molecule has 0 radical (unpaired) electrons. The summed E-state index contributed by atoms with van der Waals surface area (Å²) in [5.74, 6) is 0.576. The summed E-state index contributed by atoms with van der Waals surface area (Å²) in [6.07, 6.45) is 0. The van der Waals surface area contributed by atoms with Crippen LogP contribution in [0.4, 0.5) is 11.4 Å². The van der Waals surface area contributed by atoms with Gasteiger partial charge in [-0.1, -0.05) is 96.1 Å². The molecule has 1 aromatic heterocycles. The van der Waals surface area contributed by atoms with Crippen molar-refractivity contribution in [3.05, 3.63) is 153 Å². The lowest BCUT2D eigenvalue weighted by Crippen LogP contribution is -2.15. The van der Waals surface area contributed by atoms with E-state index >= 15 is 0 Å². The second kappa shape index (κ2) is 11.8. The van der Waals surface area contributed by atoms with Crippen LogP contribution in [0.1, 0.15) is 61.7 Å². The molecule has 5 rings (SSSR count). The third-order valence-electron chi connectivity index (χ3n) is 7.12. The summed E-state index contributed by atoms with van der Waals surface area (Å²) in [5.41, 5.74) is 14.0. The Labute approximate surface area is 243 Å². The average molecular weight is 537 g/mol. The van der Waals surface area contributed by atoms with Gasteiger partial charge in [0.2, 0.25) is 0 Å². The Morgan fingerprint density at radius 3 is 1.37 bits per heavy atom. The molecule has 0 amide bonds. The summed E-state index contributed by atoms with van der Waals surface area (Å²) in [6, 6.07) is 31.2. The molecule has 5 aromatic rings. The van der Waals surface area contributed by atoms with Crippen molar-refractivity contribution in [2.45, 2.75) is 48.5 Å². The van der Waals surface area contributed by atoms with Crippen molar-refractivity contribution in [1.29, 1.82) is 0 Å². The molecule has 204 valence electrons. The van der Waals surface area contributed by atoms with Crippen molar-refractivity contribution in [2.24, 2.45) is 9.98 Å². The number of aromatic nitrogens is 2. The molecule has 0 unspecified atom stereocenters. The van der Waals surface area contributed by atoms with Gasteiger partial charge in [-0.15, -0.1) is 0 Å². The lowest BCUT2D eigenvalue weighted by molar-refractivity contribution is 1.06. The molecule has 41 heavy (non-hydrogen) atoms. The summed E-state index contributed by atoms with van der Waals surface area (Å²) in [5, 5.41) is 0. The van der Waals surface area contributed by atoms with E-state index in [1.165, 1.54) is 11.1 Å². The first-order chi connectivity index (χ1) is 19.7. The van der Waals surface area contributed by atoms with Crippen LogP contribution >= 0.6 is 0 Å². The molecular weight excluding hydrogens is 500 g/mol. The van der Waals surface area contributed by atoms with E-state index in [4.69, 9.17) is 20.0 Å². The summed E-state index contributed by atoms with van der Waals surface area (Å²) in [4.78, 5) is 20.6. The Hall–Kier alpha value is -4.70. The average Bonchev–Trinajstić information content (AvgIpc) is 2.93. The van der Waals surface area contributed by atoms with Gasteiger partial charge in [0.1, 0.15) is 5.71 Å². The van der Waals surface area contributed by atoms with Gasteiger partial charge in [-0.05, 0) is 76.8 Å². The molecule has 0 N–H and O–H groups in total. The number of rotatable bonds is 6. The monoisotopic (exact) mass is 536 g/mol. The van der Waals surface area contributed by atoms with Gasteiger partial charge in [0, 0.05) is 16.8 Å². The fraction of sp³-hybridized carbons (Fsp3) is 0.189. The summed E-state index contributed by atoms with van der Waals surface area (Å²) in [6.45, 7) is 14.7. The van der Waals surface area contributed by atoms with Crippen molar-refractivity contribution in [1.82, 2.24) is 9.97 Å². The van der Waals surface area contributed by atoms with Gasteiger partial charge in [-0.3, -0.25) is 0 Å². The lowest BCUT2D eigenvalue weighted by Gasteiger charge is -2.14. The van der Waals surface area contributed by atoms with Crippen LogP contribution in [0.3, 0.4) is 0 Å². The van der Waals surface area contributed by atoms with Gasteiger partial charge < -0.3 is 0 Å². The first-order valence-electron chi connectivity index (χ1n) is 14.0. The van der Waals surface area contributed by atoms with Crippen molar-refractivity contribution >= 4 is 22.8 Å². The zero-order chi connectivity index (χ0) is 29.1. The highest BCUT2D eigenvalue weighted by atomic mass is 14.9. The Kier molecular flexibility index (Phi) is 8.02. The topological polar surface area (TPSA) is 50.5 Å². The van der Waals surface area contributed by atoms with Gasteiger partial charge in [0.15, 0.2) is 5.82 Å². The zero-order valence-corrected chi connectivity index (χ0v) is 24.9. The van der Waals surface area contributed by atoms with E-state index < -0.39 is 0 Å². The Balaban J connectivity index is 1.76. The summed E-state index contributed by atoms with van der Waals surface area (Å²) >= 11 is 0. The molecule has 0 fully saturated rings. The molecular formula is C37H36N4. The van der Waals surface area contributed by atoms with Gasteiger partial charge in [-0.2, -0.15) is 0 Å². The SMILES string of the molecule is Cc1cc(C)c(N=C(c2ccccc2)c2cc(C)nc(C(=Nc3c(C)cc(C)cc3C)c3ccccc3)n2)c(C)c1. The number of hydrogen-bond donors (Lipinski definition) is 0. The fourth-order valence-electron chi connectivity index (χ4n) is 5.42. The van der Waals surface area contributed by atoms with E-state index in [1.807, 2.05) is 49.4 Å². The number of aryl methyl sites for hydroxylation is 7. The molecule has 0 bridgehead atoms. The van der Waals surface area contributed by atoms with Crippen LogP contribution in [0, 0.1) is 48.5 Å². The maximum atomic E-state index is 5.26. The Bertz CT molecular complexity index is 1610. The standard InChI is InChI=1S/C37H36N4/c1-23-18-25(3)33(26(4)19-23)40-35(30-14-10-8-11-15-30)32-22-29(7)38-37(39-32)36(31-16-12-9-13-17-31)41-34-27(5)20-24(2)21-28(34)6/h8-22H,1-7H3. The largest absolute Gasteiger partial charge is 0.246 e. The number of benzene rings is 4. The molecule has 0 atom stereocenters. The number of aliphatic imine (C=N–C) groups is 2. The molecule has 4 nitrogen and oxygen atoms in total. The third kappa shape index (κ3) is 6.22. The van der Waals surface area contributed by atoms with E-state index in [1.54, 1.807) is 0 Å². The van der Waals surface area contributed by atoms with Crippen molar-refractivity contribution in [3.63, 3.8) is 0 Å². The van der Waals surface area contributed by atoms with Crippen LogP contribution in [-0.2, 0) is 0 Å². The lowest BCUT2D eigenvalue weighted by atomic mass is 10.0. The summed E-state index contributed by atoms with van der Waals surface area (Å²) in [7, 11) is 0. The smallest absolute Gasteiger partial charge is 0.179 e. The molecule has 1 heterocycles. The van der Waals surface area contributed by atoms with E-state index in [0.717, 1.165) is 67.6 Å². The normalized spacial score (nSPS) is 12.1. The first kappa shape index (κ1) is 27.9.